The van der Waals surface area contributed by atoms with E-state index in [1.54, 1.807) is 0 Å². The largest absolute Gasteiger partial charge is 0.481 e. The summed E-state index contributed by atoms with van der Waals surface area (Å²) in [7, 11) is 0. The Labute approximate surface area is 110 Å². The molecule has 0 saturated heterocycles. The van der Waals surface area contributed by atoms with Gasteiger partial charge in [-0.15, -0.1) is 0 Å². The number of alkyl halides is 3. The van der Waals surface area contributed by atoms with Gasteiger partial charge in [-0.2, -0.15) is 13.2 Å². The molecular weight excluding hydrogens is 263 g/mol. The molecular formula is C12H20F3NO3. The first-order valence-electron chi connectivity index (χ1n) is 5.97. The molecule has 19 heavy (non-hydrogen) atoms. The van der Waals surface area contributed by atoms with Crippen LogP contribution in [0.25, 0.3) is 0 Å². The minimum Gasteiger partial charge on any atom is -0.481 e. The molecule has 0 aromatic rings. The molecule has 2 N–H and O–H groups in total. The maximum Gasteiger partial charge on any atom is 0.392 e. The molecule has 0 spiro atoms. The highest BCUT2D eigenvalue weighted by Crippen LogP contribution is 2.31. The van der Waals surface area contributed by atoms with Crippen molar-refractivity contribution in [1.82, 2.24) is 5.32 Å². The first kappa shape index (κ1) is 17.7. The Kier molecular flexibility index (Phi) is 6.32. The van der Waals surface area contributed by atoms with Gasteiger partial charge in [0, 0.05) is 13.0 Å². The summed E-state index contributed by atoms with van der Waals surface area (Å²) in [5.74, 6) is -3.76. The Balaban J connectivity index is 4.20. The molecule has 1 atom stereocenters. The fourth-order valence-electron chi connectivity index (χ4n) is 1.52. The SMILES string of the molecule is CC(C)(C)CC(=O)NCCC(CC(=O)O)C(F)(F)F. The predicted molar refractivity (Wildman–Crippen MR) is 63.5 cm³/mol. The number of rotatable bonds is 6. The van der Waals surface area contributed by atoms with Gasteiger partial charge in [0.25, 0.3) is 0 Å². The first-order chi connectivity index (χ1) is 8.42. The van der Waals surface area contributed by atoms with E-state index in [1.807, 2.05) is 20.8 Å². The van der Waals surface area contributed by atoms with Crippen molar-refractivity contribution in [3.05, 3.63) is 0 Å². The van der Waals surface area contributed by atoms with E-state index < -0.39 is 30.9 Å². The second-order valence-corrected chi connectivity index (χ2v) is 5.71. The molecule has 0 rings (SSSR count). The molecule has 0 aliphatic rings. The standard InChI is InChI=1S/C12H20F3NO3/c1-11(2,3)7-9(17)16-5-4-8(6-10(18)19)12(13,14)15/h8H,4-7H2,1-3H3,(H,16,17)(H,18,19). The summed E-state index contributed by atoms with van der Waals surface area (Å²) < 4.78 is 37.5. The van der Waals surface area contributed by atoms with E-state index in [2.05, 4.69) is 5.32 Å². The number of nitrogens with one attached hydrogen (secondary N) is 1. The average Bonchev–Trinajstić information content (AvgIpc) is 2.10. The van der Waals surface area contributed by atoms with Gasteiger partial charge < -0.3 is 10.4 Å². The summed E-state index contributed by atoms with van der Waals surface area (Å²) in [6.45, 7) is 5.35. The maximum atomic E-state index is 12.5. The topological polar surface area (TPSA) is 66.4 Å². The van der Waals surface area contributed by atoms with Crippen LogP contribution in [0.1, 0.15) is 40.0 Å². The van der Waals surface area contributed by atoms with Gasteiger partial charge in [-0.1, -0.05) is 20.8 Å². The highest BCUT2D eigenvalue weighted by Gasteiger charge is 2.40. The van der Waals surface area contributed by atoms with Gasteiger partial charge >= 0.3 is 12.1 Å². The number of carbonyl (C=O) groups is 2. The van der Waals surface area contributed by atoms with Gasteiger partial charge in [-0.25, -0.2) is 0 Å². The molecule has 0 heterocycles. The smallest absolute Gasteiger partial charge is 0.392 e. The van der Waals surface area contributed by atoms with Crippen LogP contribution in [-0.2, 0) is 9.59 Å². The van der Waals surface area contributed by atoms with Crippen LogP contribution in [0.15, 0.2) is 0 Å². The van der Waals surface area contributed by atoms with E-state index in [9.17, 15) is 22.8 Å². The third kappa shape index (κ3) is 9.32. The molecule has 0 bridgehead atoms. The van der Waals surface area contributed by atoms with Crippen LogP contribution in [-0.4, -0.2) is 29.7 Å². The molecule has 0 aliphatic heterocycles. The fraction of sp³-hybridized carbons (Fsp3) is 0.833. The van der Waals surface area contributed by atoms with Crippen molar-refractivity contribution >= 4 is 11.9 Å². The maximum absolute atomic E-state index is 12.5. The van der Waals surface area contributed by atoms with Crippen LogP contribution >= 0.6 is 0 Å². The zero-order valence-corrected chi connectivity index (χ0v) is 11.3. The zero-order chi connectivity index (χ0) is 15.3. The number of amides is 1. The molecule has 4 nitrogen and oxygen atoms in total. The monoisotopic (exact) mass is 283 g/mol. The lowest BCUT2D eigenvalue weighted by Crippen LogP contribution is -2.33. The van der Waals surface area contributed by atoms with Crippen LogP contribution in [0, 0.1) is 11.3 Å². The van der Waals surface area contributed by atoms with E-state index in [-0.39, 0.29) is 24.3 Å². The summed E-state index contributed by atoms with van der Waals surface area (Å²) in [4.78, 5) is 21.8. The molecule has 0 aromatic heterocycles. The molecule has 0 saturated carbocycles. The Morgan fingerprint density at radius 3 is 2.11 bits per heavy atom. The van der Waals surface area contributed by atoms with E-state index in [1.165, 1.54) is 0 Å². The van der Waals surface area contributed by atoms with Crippen molar-refractivity contribution in [2.24, 2.45) is 11.3 Å². The van der Waals surface area contributed by atoms with Crippen molar-refractivity contribution in [3.8, 4) is 0 Å². The number of hydrogen-bond donors (Lipinski definition) is 2. The van der Waals surface area contributed by atoms with Crippen molar-refractivity contribution in [1.29, 1.82) is 0 Å². The lowest BCUT2D eigenvalue weighted by atomic mass is 9.92. The molecule has 0 radical (unpaired) electrons. The Bertz CT molecular complexity index is 321. The summed E-state index contributed by atoms with van der Waals surface area (Å²) in [6, 6.07) is 0. The van der Waals surface area contributed by atoms with Gasteiger partial charge in [0.2, 0.25) is 5.91 Å². The molecule has 0 fully saturated rings. The average molecular weight is 283 g/mol. The fourth-order valence-corrected chi connectivity index (χ4v) is 1.52. The minimum absolute atomic E-state index is 0.174. The van der Waals surface area contributed by atoms with Crippen LogP contribution in [0.5, 0.6) is 0 Å². The van der Waals surface area contributed by atoms with E-state index in [0.29, 0.717) is 0 Å². The number of carboxylic acids is 1. The minimum atomic E-state index is -4.56. The summed E-state index contributed by atoms with van der Waals surface area (Å²) in [6.07, 6.45) is -5.75. The first-order valence-corrected chi connectivity index (χ1v) is 5.97. The van der Waals surface area contributed by atoms with Crippen LogP contribution in [0.4, 0.5) is 13.2 Å². The van der Waals surface area contributed by atoms with Crippen LogP contribution in [0.2, 0.25) is 0 Å². The number of carboxylic acid groups (broad SMARTS) is 1. The van der Waals surface area contributed by atoms with Gasteiger partial charge in [0.15, 0.2) is 0 Å². The molecule has 0 aromatic carbocycles. The second kappa shape index (κ2) is 6.77. The molecule has 0 aliphatic carbocycles. The van der Waals surface area contributed by atoms with Crippen molar-refractivity contribution in [2.45, 2.75) is 46.2 Å². The molecule has 112 valence electrons. The lowest BCUT2D eigenvalue weighted by Gasteiger charge is -2.20. The third-order valence-corrected chi connectivity index (χ3v) is 2.39. The Morgan fingerprint density at radius 1 is 1.21 bits per heavy atom. The van der Waals surface area contributed by atoms with Gasteiger partial charge in [0.05, 0.1) is 12.3 Å². The Hall–Kier alpha value is -1.27. The van der Waals surface area contributed by atoms with Crippen molar-refractivity contribution in [3.63, 3.8) is 0 Å². The number of hydrogen-bond acceptors (Lipinski definition) is 2. The van der Waals surface area contributed by atoms with Crippen LogP contribution < -0.4 is 5.32 Å². The number of aliphatic carboxylic acids is 1. The predicted octanol–water partition coefficient (Wildman–Crippen LogP) is 2.58. The number of halogens is 3. The molecule has 7 heteroatoms. The van der Waals surface area contributed by atoms with Crippen molar-refractivity contribution in [2.75, 3.05) is 6.54 Å². The van der Waals surface area contributed by atoms with E-state index in [0.717, 1.165) is 0 Å². The number of carbonyl (C=O) groups excluding carboxylic acids is 1. The zero-order valence-electron chi connectivity index (χ0n) is 11.3. The van der Waals surface area contributed by atoms with E-state index in [4.69, 9.17) is 5.11 Å². The summed E-state index contributed by atoms with van der Waals surface area (Å²) in [5.41, 5.74) is -0.241. The third-order valence-electron chi connectivity index (χ3n) is 2.39. The lowest BCUT2D eigenvalue weighted by molar-refractivity contribution is -0.184. The van der Waals surface area contributed by atoms with Gasteiger partial charge in [-0.05, 0) is 11.8 Å². The quantitative estimate of drug-likeness (QED) is 0.787. The molecule has 1 unspecified atom stereocenters. The Morgan fingerprint density at radius 2 is 1.74 bits per heavy atom. The van der Waals surface area contributed by atoms with Gasteiger partial charge in [-0.3, -0.25) is 9.59 Å². The highest BCUT2D eigenvalue weighted by atomic mass is 19.4. The highest BCUT2D eigenvalue weighted by molar-refractivity contribution is 5.76. The summed E-state index contributed by atoms with van der Waals surface area (Å²) >= 11 is 0. The van der Waals surface area contributed by atoms with Crippen molar-refractivity contribution < 1.29 is 27.9 Å². The molecule has 1 amide bonds. The van der Waals surface area contributed by atoms with E-state index >= 15 is 0 Å². The summed E-state index contributed by atoms with van der Waals surface area (Å²) in [5, 5.41) is 10.8. The van der Waals surface area contributed by atoms with Gasteiger partial charge in [0.1, 0.15) is 0 Å². The van der Waals surface area contributed by atoms with Crippen LogP contribution in [0.3, 0.4) is 0 Å². The normalized spacial score (nSPS) is 14.0. The second-order valence-electron chi connectivity index (χ2n) is 5.71.